The molecule has 2 N–H and O–H groups in total. The Labute approximate surface area is 169 Å². The van der Waals surface area contributed by atoms with E-state index in [1.807, 2.05) is 53.4 Å². The number of rotatable bonds is 5. The van der Waals surface area contributed by atoms with Gasteiger partial charge >= 0.3 is 0 Å². The molecule has 0 radical (unpaired) electrons. The minimum absolute atomic E-state index is 0.0177. The summed E-state index contributed by atoms with van der Waals surface area (Å²) in [7, 11) is 1.61. The number of piperidine rings is 1. The molecule has 0 aliphatic carbocycles. The standard InChI is InChI=1S/C23H25N3O3/c1-29-21-9-5-2-6-16(21)14-22(27)25-17-10-12-26(13-11-17)23(28)19-15-24-20-8-4-3-7-18(19)20/h2-9,15,17,24H,10-14H2,1H3,(H,25,27). The van der Waals surface area contributed by atoms with Gasteiger partial charge in [-0.2, -0.15) is 0 Å². The van der Waals surface area contributed by atoms with Crippen LogP contribution < -0.4 is 10.1 Å². The number of fused-ring (bicyclic) bond motifs is 1. The van der Waals surface area contributed by atoms with E-state index in [0.29, 0.717) is 25.1 Å². The number of nitrogens with one attached hydrogen (secondary N) is 2. The van der Waals surface area contributed by atoms with Gasteiger partial charge in [0, 0.05) is 41.8 Å². The summed E-state index contributed by atoms with van der Waals surface area (Å²) in [5.74, 6) is 0.749. The number of benzene rings is 2. The summed E-state index contributed by atoms with van der Waals surface area (Å²) >= 11 is 0. The number of aromatic amines is 1. The van der Waals surface area contributed by atoms with E-state index >= 15 is 0 Å². The average Bonchev–Trinajstić information content (AvgIpc) is 3.18. The van der Waals surface area contributed by atoms with Crippen LogP contribution in [0, 0.1) is 0 Å². The number of carbonyl (C=O) groups is 2. The van der Waals surface area contributed by atoms with Gasteiger partial charge in [0.15, 0.2) is 0 Å². The van der Waals surface area contributed by atoms with Crippen LogP contribution in [-0.4, -0.2) is 47.9 Å². The van der Waals surface area contributed by atoms with Crippen LogP contribution in [0.15, 0.2) is 54.7 Å². The molecule has 3 aromatic rings. The molecule has 29 heavy (non-hydrogen) atoms. The molecule has 2 amide bonds. The first-order chi connectivity index (χ1) is 14.2. The van der Waals surface area contributed by atoms with Gasteiger partial charge in [-0.25, -0.2) is 0 Å². The second kappa shape index (κ2) is 8.39. The molecule has 1 aliphatic rings. The van der Waals surface area contributed by atoms with Crippen molar-refractivity contribution in [3.8, 4) is 5.75 Å². The first kappa shape index (κ1) is 19.1. The predicted octanol–water partition coefficient (Wildman–Crippen LogP) is 3.14. The number of amides is 2. The zero-order chi connectivity index (χ0) is 20.2. The van der Waals surface area contributed by atoms with Crippen molar-refractivity contribution in [1.82, 2.24) is 15.2 Å². The van der Waals surface area contributed by atoms with Crippen LogP contribution >= 0.6 is 0 Å². The van der Waals surface area contributed by atoms with Crippen LogP contribution in [0.5, 0.6) is 5.75 Å². The molecular formula is C23H25N3O3. The molecule has 1 saturated heterocycles. The topological polar surface area (TPSA) is 74.4 Å². The Morgan fingerprint density at radius 1 is 1.10 bits per heavy atom. The molecular weight excluding hydrogens is 366 g/mol. The van der Waals surface area contributed by atoms with E-state index < -0.39 is 0 Å². The van der Waals surface area contributed by atoms with E-state index in [2.05, 4.69) is 10.3 Å². The summed E-state index contributed by atoms with van der Waals surface area (Å²) in [4.78, 5) is 30.4. The lowest BCUT2D eigenvalue weighted by molar-refractivity contribution is -0.121. The molecule has 2 aromatic carbocycles. The third-order valence-electron chi connectivity index (χ3n) is 5.51. The Morgan fingerprint density at radius 3 is 2.62 bits per heavy atom. The third-order valence-corrected chi connectivity index (χ3v) is 5.51. The summed E-state index contributed by atoms with van der Waals surface area (Å²) in [5, 5.41) is 4.05. The Morgan fingerprint density at radius 2 is 1.83 bits per heavy atom. The highest BCUT2D eigenvalue weighted by atomic mass is 16.5. The molecule has 0 saturated carbocycles. The van der Waals surface area contributed by atoms with Gasteiger partial charge in [-0.15, -0.1) is 0 Å². The van der Waals surface area contributed by atoms with E-state index in [1.54, 1.807) is 13.3 Å². The Hall–Kier alpha value is -3.28. The maximum atomic E-state index is 12.9. The van der Waals surface area contributed by atoms with Gasteiger partial charge in [0.05, 0.1) is 19.1 Å². The lowest BCUT2D eigenvalue weighted by atomic mass is 10.0. The van der Waals surface area contributed by atoms with Crippen LogP contribution in [0.2, 0.25) is 0 Å². The van der Waals surface area contributed by atoms with E-state index in [-0.39, 0.29) is 17.9 Å². The van der Waals surface area contributed by atoms with E-state index in [9.17, 15) is 9.59 Å². The van der Waals surface area contributed by atoms with Gasteiger partial charge in [-0.05, 0) is 25.0 Å². The van der Waals surface area contributed by atoms with Gasteiger partial charge in [0.2, 0.25) is 5.91 Å². The van der Waals surface area contributed by atoms with Gasteiger partial charge < -0.3 is 19.9 Å². The molecule has 2 heterocycles. The number of carbonyl (C=O) groups excluding carboxylic acids is 2. The highest BCUT2D eigenvalue weighted by Gasteiger charge is 2.26. The predicted molar refractivity (Wildman–Crippen MR) is 112 cm³/mol. The largest absolute Gasteiger partial charge is 0.496 e. The van der Waals surface area contributed by atoms with Crippen LogP contribution in [0.4, 0.5) is 0 Å². The maximum absolute atomic E-state index is 12.9. The van der Waals surface area contributed by atoms with Crippen molar-refractivity contribution in [3.05, 3.63) is 65.9 Å². The number of hydrogen-bond donors (Lipinski definition) is 2. The average molecular weight is 391 g/mol. The molecule has 0 unspecified atom stereocenters. The quantitative estimate of drug-likeness (QED) is 0.702. The minimum atomic E-state index is -0.0177. The molecule has 0 spiro atoms. The molecule has 150 valence electrons. The minimum Gasteiger partial charge on any atom is -0.496 e. The first-order valence-electron chi connectivity index (χ1n) is 9.92. The monoisotopic (exact) mass is 391 g/mol. The number of aromatic nitrogens is 1. The zero-order valence-electron chi connectivity index (χ0n) is 16.5. The van der Waals surface area contributed by atoms with Gasteiger partial charge in [0.25, 0.3) is 5.91 Å². The normalized spacial score (nSPS) is 14.7. The fourth-order valence-electron chi connectivity index (χ4n) is 3.95. The second-order valence-electron chi connectivity index (χ2n) is 7.37. The molecule has 4 rings (SSSR count). The van der Waals surface area contributed by atoms with Crippen LogP contribution in [0.3, 0.4) is 0 Å². The number of H-pyrrole nitrogens is 1. The molecule has 6 nitrogen and oxygen atoms in total. The van der Waals surface area contributed by atoms with Crippen LogP contribution in [0.25, 0.3) is 10.9 Å². The van der Waals surface area contributed by atoms with Crippen molar-refractivity contribution in [1.29, 1.82) is 0 Å². The van der Waals surface area contributed by atoms with E-state index in [0.717, 1.165) is 35.1 Å². The van der Waals surface area contributed by atoms with Crippen LogP contribution in [-0.2, 0) is 11.2 Å². The second-order valence-corrected chi connectivity index (χ2v) is 7.37. The lowest BCUT2D eigenvalue weighted by Gasteiger charge is -2.32. The van der Waals surface area contributed by atoms with Crippen molar-refractivity contribution in [2.24, 2.45) is 0 Å². The van der Waals surface area contributed by atoms with Crippen molar-refractivity contribution in [2.75, 3.05) is 20.2 Å². The SMILES string of the molecule is COc1ccccc1CC(=O)NC1CCN(C(=O)c2c[nH]c3ccccc23)CC1. The van der Waals surface area contributed by atoms with Crippen molar-refractivity contribution >= 4 is 22.7 Å². The van der Waals surface area contributed by atoms with Crippen LogP contribution in [0.1, 0.15) is 28.8 Å². The van der Waals surface area contributed by atoms with Crippen molar-refractivity contribution in [2.45, 2.75) is 25.3 Å². The molecule has 6 heteroatoms. The fourth-order valence-corrected chi connectivity index (χ4v) is 3.95. The molecule has 0 atom stereocenters. The zero-order valence-corrected chi connectivity index (χ0v) is 16.5. The third kappa shape index (κ3) is 4.11. The lowest BCUT2D eigenvalue weighted by Crippen LogP contribution is -2.46. The summed E-state index contributed by atoms with van der Waals surface area (Å²) in [6.07, 6.45) is 3.59. The van der Waals surface area contributed by atoms with Crippen molar-refractivity contribution < 1.29 is 14.3 Å². The van der Waals surface area contributed by atoms with Gasteiger partial charge in [-0.3, -0.25) is 9.59 Å². The number of methoxy groups -OCH3 is 1. The van der Waals surface area contributed by atoms with Crippen molar-refractivity contribution in [3.63, 3.8) is 0 Å². The number of likely N-dealkylation sites (tertiary alicyclic amines) is 1. The Kier molecular flexibility index (Phi) is 5.51. The number of para-hydroxylation sites is 2. The summed E-state index contributed by atoms with van der Waals surface area (Å²) in [6.45, 7) is 1.27. The summed E-state index contributed by atoms with van der Waals surface area (Å²) in [6, 6.07) is 15.5. The first-order valence-corrected chi connectivity index (χ1v) is 9.92. The molecule has 1 aromatic heterocycles. The van der Waals surface area contributed by atoms with Gasteiger partial charge in [0.1, 0.15) is 5.75 Å². The highest BCUT2D eigenvalue weighted by Crippen LogP contribution is 2.22. The van der Waals surface area contributed by atoms with E-state index in [1.165, 1.54) is 0 Å². The molecule has 1 aliphatic heterocycles. The van der Waals surface area contributed by atoms with E-state index in [4.69, 9.17) is 4.74 Å². The molecule has 0 bridgehead atoms. The smallest absolute Gasteiger partial charge is 0.256 e. The van der Waals surface area contributed by atoms with Gasteiger partial charge in [-0.1, -0.05) is 36.4 Å². The number of nitrogens with zero attached hydrogens (tertiary/aromatic N) is 1. The number of hydrogen-bond acceptors (Lipinski definition) is 3. The fraction of sp³-hybridized carbons (Fsp3) is 0.304. The Balaban J connectivity index is 1.32. The Bertz CT molecular complexity index is 1020. The summed E-state index contributed by atoms with van der Waals surface area (Å²) < 4.78 is 5.32. The highest BCUT2D eigenvalue weighted by molar-refractivity contribution is 6.06. The molecule has 1 fully saturated rings. The number of ether oxygens (including phenoxy) is 1. The maximum Gasteiger partial charge on any atom is 0.256 e. The summed E-state index contributed by atoms with van der Waals surface area (Å²) in [5.41, 5.74) is 2.55.